The van der Waals surface area contributed by atoms with Crippen LogP contribution < -0.4 is 0 Å². The summed E-state index contributed by atoms with van der Waals surface area (Å²) in [7, 11) is 0. The van der Waals surface area contributed by atoms with Crippen molar-refractivity contribution in [3.05, 3.63) is 41.7 Å². The zero-order chi connectivity index (χ0) is 8.97. The summed E-state index contributed by atoms with van der Waals surface area (Å²) < 4.78 is 12.4. The Bertz CT molecular complexity index is 262. The van der Waals surface area contributed by atoms with E-state index in [9.17, 15) is 4.39 Å². The molecule has 1 rings (SSSR count). The highest BCUT2D eigenvalue weighted by Crippen LogP contribution is 2.06. The normalized spacial score (nSPS) is 13.6. The van der Waals surface area contributed by atoms with Crippen LogP contribution in [0.25, 0.3) is 6.08 Å². The number of thiol groups is 1. The van der Waals surface area contributed by atoms with Gasteiger partial charge in [-0.3, -0.25) is 0 Å². The van der Waals surface area contributed by atoms with Crippen molar-refractivity contribution in [3.63, 3.8) is 0 Å². The zero-order valence-corrected chi connectivity index (χ0v) is 7.76. The molecule has 0 nitrogen and oxygen atoms in total. The maximum Gasteiger partial charge on any atom is 0.123 e. The van der Waals surface area contributed by atoms with Gasteiger partial charge in [0, 0.05) is 5.25 Å². The summed E-state index contributed by atoms with van der Waals surface area (Å²) in [6.07, 6.45) is 3.88. The molecule has 0 aliphatic heterocycles. The van der Waals surface area contributed by atoms with Gasteiger partial charge >= 0.3 is 0 Å². The van der Waals surface area contributed by atoms with Crippen molar-refractivity contribution >= 4 is 18.7 Å². The Kier molecular flexibility index (Phi) is 3.35. The second-order valence-corrected chi connectivity index (χ2v) is 3.47. The third-order valence-electron chi connectivity index (χ3n) is 1.44. The van der Waals surface area contributed by atoms with Crippen molar-refractivity contribution in [2.45, 2.75) is 12.2 Å². The van der Waals surface area contributed by atoms with Crippen molar-refractivity contribution < 1.29 is 4.39 Å². The molecular weight excluding hydrogens is 171 g/mol. The molecule has 0 aromatic heterocycles. The minimum absolute atomic E-state index is 0.203. The highest BCUT2D eigenvalue weighted by Gasteiger charge is 1.89. The Morgan fingerprint density at radius 2 is 1.92 bits per heavy atom. The van der Waals surface area contributed by atoms with E-state index in [4.69, 9.17) is 0 Å². The molecule has 0 fully saturated rings. The molecule has 1 aromatic carbocycles. The molecule has 0 amide bonds. The first kappa shape index (κ1) is 9.33. The number of hydrogen-bond acceptors (Lipinski definition) is 1. The van der Waals surface area contributed by atoms with Crippen LogP contribution in [0, 0.1) is 5.82 Å². The fraction of sp³-hybridized carbons (Fsp3) is 0.200. The molecule has 1 aromatic rings. The lowest BCUT2D eigenvalue weighted by atomic mass is 10.2. The Balaban J connectivity index is 2.71. The van der Waals surface area contributed by atoms with Crippen LogP contribution in [0.2, 0.25) is 0 Å². The highest BCUT2D eigenvalue weighted by molar-refractivity contribution is 7.81. The zero-order valence-electron chi connectivity index (χ0n) is 6.87. The molecule has 1 unspecified atom stereocenters. The minimum Gasteiger partial charge on any atom is -0.207 e. The van der Waals surface area contributed by atoms with Gasteiger partial charge in [-0.25, -0.2) is 4.39 Å². The third kappa shape index (κ3) is 3.09. The molecule has 64 valence electrons. The van der Waals surface area contributed by atoms with Crippen LogP contribution in [0.3, 0.4) is 0 Å². The van der Waals surface area contributed by atoms with E-state index in [0.717, 1.165) is 5.56 Å². The first-order chi connectivity index (χ1) is 5.68. The van der Waals surface area contributed by atoms with Gasteiger partial charge in [0.1, 0.15) is 5.82 Å². The molecule has 0 N–H and O–H groups in total. The molecule has 0 aliphatic rings. The summed E-state index contributed by atoms with van der Waals surface area (Å²) in [6, 6.07) is 6.37. The minimum atomic E-state index is -0.203. The summed E-state index contributed by atoms with van der Waals surface area (Å²) in [4.78, 5) is 0. The van der Waals surface area contributed by atoms with Crippen LogP contribution in [0.15, 0.2) is 30.3 Å². The van der Waals surface area contributed by atoms with Crippen LogP contribution in [0.4, 0.5) is 4.39 Å². The largest absolute Gasteiger partial charge is 0.207 e. The molecule has 0 aliphatic carbocycles. The van der Waals surface area contributed by atoms with Crippen molar-refractivity contribution in [2.75, 3.05) is 0 Å². The fourth-order valence-electron chi connectivity index (χ4n) is 0.824. The smallest absolute Gasteiger partial charge is 0.123 e. The van der Waals surface area contributed by atoms with E-state index in [2.05, 4.69) is 12.6 Å². The lowest BCUT2D eigenvalue weighted by molar-refractivity contribution is 0.628. The first-order valence-electron chi connectivity index (χ1n) is 3.80. The van der Waals surface area contributed by atoms with Crippen molar-refractivity contribution in [1.82, 2.24) is 0 Å². The van der Waals surface area contributed by atoms with E-state index < -0.39 is 0 Å². The van der Waals surface area contributed by atoms with E-state index in [0.29, 0.717) is 0 Å². The van der Waals surface area contributed by atoms with Crippen LogP contribution in [-0.2, 0) is 0 Å². The number of rotatable bonds is 2. The summed E-state index contributed by atoms with van der Waals surface area (Å²) in [5, 5.41) is 0.232. The quantitative estimate of drug-likeness (QED) is 0.667. The lowest BCUT2D eigenvalue weighted by Gasteiger charge is -1.94. The summed E-state index contributed by atoms with van der Waals surface area (Å²) in [6.45, 7) is 1.98. The SMILES string of the molecule is CC(S)C=Cc1ccc(F)cc1. The molecule has 0 saturated heterocycles. The van der Waals surface area contributed by atoms with E-state index in [1.807, 2.05) is 19.1 Å². The second kappa shape index (κ2) is 4.31. The van der Waals surface area contributed by atoms with Gasteiger partial charge in [0.2, 0.25) is 0 Å². The molecular formula is C10H11FS. The van der Waals surface area contributed by atoms with Crippen molar-refractivity contribution in [1.29, 1.82) is 0 Å². The second-order valence-electron chi connectivity index (χ2n) is 2.65. The van der Waals surface area contributed by atoms with Gasteiger partial charge in [0.15, 0.2) is 0 Å². The van der Waals surface area contributed by atoms with Crippen molar-refractivity contribution in [2.24, 2.45) is 0 Å². The average Bonchev–Trinajstić information content (AvgIpc) is 2.03. The number of hydrogen-bond donors (Lipinski definition) is 1. The topological polar surface area (TPSA) is 0 Å². The van der Waals surface area contributed by atoms with Gasteiger partial charge < -0.3 is 0 Å². The Hall–Kier alpha value is -0.760. The maximum absolute atomic E-state index is 12.4. The third-order valence-corrected chi connectivity index (χ3v) is 1.61. The van der Waals surface area contributed by atoms with Gasteiger partial charge in [-0.05, 0) is 24.6 Å². The molecule has 0 bridgehead atoms. The molecule has 0 radical (unpaired) electrons. The van der Waals surface area contributed by atoms with Crippen molar-refractivity contribution in [3.8, 4) is 0 Å². The van der Waals surface area contributed by atoms with Gasteiger partial charge in [-0.15, -0.1) is 0 Å². The first-order valence-corrected chi connectivity index (χ1v) is 4.32. The van der Waals surface area contributed by atoms with Crippen LogP contribution in [-0.4, -0.2) is 5.25 Å². The highest BCUT2D eigenvalue weighted by atomic mass is 32.1. The molecule has 0 spiro atoms. The number of halogens is 1. The molecule has 0 saturated carbocycles. The monoisotopic (exact) mass is 182 g/mol. The van der Waals surface area contributed by atoms with E-state index in [-0.39, 0.29) is 11.1 Å². The molecule has 1 atom stereocenters. The van der Waals surface area contributed by atoms with E-state index in [1.165, 1.54) is 12.1 Å². The predicted molar refractivity (Wildman–Crippen MR) is 53.9 cm³/mol. The van der Waals surface area contributed by atoms with Crippen LogP contribution in [0.5, 0.6) is 0 Å². The van der Waals surface area contributed by atoms with Gasteiger partial charge in [-0.1, -0.05) is 24.3 Å². The Morgan fingerprint density at radius 3 is 2.42 bits per heavy atom. The summed E-state index contributed by atoms with van der Waals surface area (Å²) >= 11 is 4.19. The maximum atomic E-state index is 12.4. The van der Waals surface area contributed by atoms with E-state index in [1.54, 1.807) is 12.1 Å². The Morgan fingerprint density at radius 1 is 1.33 bits per heavy atom. The summed E-state index contributed by atoms with van der Waals surface area (Å²) in [5.41, 5.74) is 0.998. The number of benzene rings is 1. The molecule has 0 heterocycles. The Labute approximate surface area is 77.5 Å². The van der Waals surface area contributed by atoms with E-state index >= 15 is 0 Å². The van der Waals surface area contributed by atoms with Gasteiger partial charge in [0.25, 0.3) is 0 Å². The van der Waals surface area contributed by atoms with Gasteiger partial charge in [0.05, 0.1) is 0 Å². The predicted octanol–water partition coefficient (Wildman–Crippen LogP) is 3.16. The lowest BCUT2D eigenvalue weighted by Crippen LogP contribution is -1.81. The summed E-state index contributed by atoms with van der Waals surface area (Å²) in [5.74, 6) is -0.203. The fourth-order valence-corrected chi connectivity index (χ4v) is 0.910. The standard InChI is InChI=1S/C10H11FS/c1-8(12)2-3-9-4-6-10(11)7-5-9/h2-8,12H,1H3. The molecule has 2 heteroatoms. The van der Waals surface area contributed by atoms with Crippen LogP contribution in [0.1, 0.15) is 12.5 Å². The van der Waals surface area contributed by atoms with Gasteiger partial charge in [-0.2, -0.15) is 12.6 Å². The van der Waals surface area contributed by atoms with Crippen LogP contribution >= 0.6 is 12.6 Å². The average molecular weight is 182 g/mol. The molecule has 12 heavy (non-hydrogen) atoms.